The van der Waals surface area contributed by atoms with E-state index in [4.69, 9.17) is 14.2 Å². The van der Waals surface area contributed by atoms with Crippen LogP contribution < -0.4 is 25.2 Å². The van der Waals surface area contributed by atoms with Crippen molar-refractivity contribution in [1.82, 2.24) is 10.9 Å². The SMILES string of the molecule is CC(=O)NNC(=O)COC(=O)[C@H]1CC(=O)N(c2ccc3c(c2)OCCO3)C1. The maximum Gasteiger partial charge on any atom is 0.311 e. The van der Waals surface area contributed by atoms with Crippen LogP contribution in [-0.4, -0.2) is 50.1 Å². The highest BCUT2D eigenvalue weighted by atomic mass is 16.6. The molecule has 0 aliphatic carbocycles. The number of hydrazine groups is 1. The Kier molecular flexibility index (Phi) is 5.43. The molecule has 1 atom stereocenters. The molecule has 1 saturated heterocycles. The fraction of sp³-hybridized carbons (Fsp3) is 0.412. The molecule has 0 saturated carbocycles. The molecule has 1 aromatic rings. The van der Waals surface area contributed by atoms with Crippen LogP contribution >= 0.6 is 0 Å². The summed E-state index contributed by atoms with van der Waals surface area (Å²) in [5, 5.41) is 0. The largest absolute Gasteiger partial charge is 0.486 e. The van der Waals surface area contributed by atoms with E-state index in [0.717, 1.165) is 0 Å². The van der Waals surface area contributed by atoms with E-state index in [0.29, 0.717) is 30.4 Å². The normalized spacial score (nSPS) is 18.0. The molecule has 0 radical (unpaired) electrons. The zero-order valence-electron chi connectivity index (χ0n) is 14.6. The number of benzene rings is 1. The number of hydrogen-bond donors (Lipinski definition) is 2. The Bertz CT molecular complexity index is 780. The van der Waals surface area contributed by atoms with Crippen molar-refractivity contribution in [2.75, 3.05) is 31.3 Å². The molecule has 144 valence electrons. The first-order valence-electron chi connectivity index (χ1n) is 8.36. The van der Waals surface area contributed by atoms with Crippen molar-refractivity contribution >= 4 is 29.4 Å². The van der Waals surface area contributed by atoms with Gasteiger partial charge in [-0.1, -0.05) is 0 Å². The summed E-state index contributed by atoms with van der Waals surface area (Å²) in [4.78, 5) is 48.0. The highest BCUT2D eigenvalue weighted by molar-refractivity contribution is 6.00. The third kappa shape index (κ3) is 4.46. The topological polar surface area (TPSA) is 123 Å². The molecule has 27 heavy (non-hydrogen) atoms. The van der Waals surface area contributed by atoms with E-state index in [-0.39, 0.29) is 18.9 Å². The Hall–Kier alpha value is -3.30. The number of nitrogens with zero attached hydrogens (tertiary/aromatic N) is 1. The van der Waals surface area contributed by atoms with Gasteiger partial charge in [-0.25, -0.2) is 0 Å². The van der Waals surface area contributed by atoms with E-state index in [2.05, 4.69) is 10.9 Å². The minimum atomic E-state index is -0.681. The second-order valence-electron chi connectivity index (χ2n) is 6.07. The number of amides is 3. The Morgan fingerprint density at radius 2 is 1.93 bits per heavy atom. The molecule has 3 amide bonds. The number of nitrogens with one attached hydrogen (secondary N) is 2. The summed E-state index contributed by atoms with van der Waals surface area (Å²) in [6, 6.07) is 5.14. The van der Waals surface area contributed by atoms with Gasteiger partial charge in [-0.3, -0.25) is 30.0 Å². The van der Waals surface area contributed by atoms with Gasteiger partial charge in [0.05, 0.1) is 5.92 Å². The van der Waals surface area contributed by atoms with Gasteiger partial charge >= 0.3 is 5.97 Å². The third-order valence-corrected chi connectivity index (χ3v) is 4.02. The minimum absolute atomic E-state index is 0.0133. The van der Waals surface area contributed by atoms with Crippen LogP contribution in [0.5, 0.6) is 11.5 Å². The van der Waals surface area contributed by atoms with Gasteiger partial charge in [0.15, 0.2) is 18.1 Å². The molecule has 10 heteroatoms. The number of carbonyl (C=O) groups excluding carboxylic acids is 4. The molecular weight excluding hydrogens is 358 g/mol. The lowest BCUT2D eigenvalue weighted by Gasteiger charge is -2.22. The third-order valence-electron chi connectivity index (χ3n) is 4.02. The average molecular weight is 377 g/mol. The summed E-state index contributed by atoms with van der Waals surface area (Å²) < 4.78 is 15.9. The van der Waals surface area contributed by atoms with Crippen molar-refractivity contribution in [2.45, 2.75) is 13.3 Å². The molecule has 2 aliphatic rings. The van der Waals surface area contributed by atoms with E-state index in [1.165, 1.54) is 11.8 Å². The van der Waals surface area contributed by atoms with Crippen LogP contribution in [0.3, 0.4) is 0 Å². The second kappa shape index (κ2) is 7.94. The number of anilines is 1. The fourth-order valence-corrected chi connectivity index (χ4v) is 2.76. The number of esters is 1. The standard InChI is InChI=1S/C17H19N3O7/c1-10(21)18-19-15(22)9-27-17(24)11-6-16(23)20(8-11)12-2-3-13-14(7-12)26-5-4-25-13/h2-3,7,11H,4-6,8-9H2,1H3,(H,18,21)(H,19,22)/t11-/m0/s1. The number of carbonyl (C=O) groups is 4. The van der Waals surface area contributed by atoms with Gasteiger partial charge < -0.3 is 19.1 Å². The quantitative estimate of drug-likeness (QED) is 0.537. The van der Waals surface area contributed by atoms with Crippen molar-refractivity contribution in [3.63, 3.8) is 0 Å². The zero-order chi connectivity index (χ0) is 19.4. The highest BCUT2D eigenvalue weighted by Crippen LogP contribution is 2.36. The number of fused-ring (bicyclic) bond motifs is 1. The second-order valence-corrected chi connectivity index (χ2v) is 6.07. The van der Waals surface area contributed by atoms with E-state index >= 15 is 0 Å². The molecule has 3 rings (SSSR count). The molecule has 0 unspecified atom stereocenters. The van der Waals surface area contributed by atoms with E-state index < -0.39 is 30.3 Å². The van der Waals surface area contributed by atoms with Gasteiger partial charge in [0.2, 0.25) is 11.8 Å². The van der Waals surface area contributed by atoms with Crippen LogP contribution in [0.1, 0.15) is 13.3 Å². The molecule has 0 aromatic heterocycles. The predicted molar refractivity (Wildman–Crippen MR) is 90.8 cm³/mol. The van der Waals surface area contributed by atoms with Gasteiger partial charge in [-0.15, -0.1) is 0 Å². The fourth-order valence-electron chi connectivity index (χ4n) is 2.76. The molecule has 2 aliphatic heterocycles. The molecule has 10 nitrogen and oxygen atoms in total. The number of hydrogen-bond acceptors (Lipinski definition) is 7. The van der Waals surface area contributed by atoms with Crippen molar-refractivity contribution in [3.05, 3.63) is 18.2 Å². The minimum Gasteiger partial charge on any atom is -0.486 e. The Morgan fingerprint density at radius 3 is 2.67 bits per heavy atom. The van der Waals surface area contributed by atoms with E-state index in [9.17, 15) is 19.2 Å². The maximum atomic E-state index is 12.3. The molecule has 0 bridgehead atoms. The highest BCUT2D eigenvalue weighted by Gasteiger charge is 2.36. The molecular formula is C17H19N3O7. The van der Waals surface area contributed by atoms with Crippen molar-refractivity contribution < 1.29 is 33.4 Å². The summed E-state index contributed by atoms with van der Waals surface area (Å²) in [5.41, 5.74) is 4.77. The van der Waals surface area contributed by atoms with Gasteiger partial charge in [0.25, 0.3) is 5.91 Å². The lowest BCUT2D eigenvalue weighted by molar-refractivity contribution is -0.152. The molecule has 0 spiro atoms. The maximum absolute atomic E-state index is 12.3. The lowest BCUT2D eigenvalue weighted by Crippen LogP contribution is -2.42. The summed E-state index contributed by atoms with van der Waals surface area (Å²) >= 11 is 0. The first-order valence-corrected chi connectivity index (χ1v) is 8.36. The van der Waals surface area contributed by atoms with Gasteiger partial charge in [-0.05, 0) is 12.1 Å². The first kappa shape index (κ1) is 18.5. The molecule has 2 N–H and O–H groups in total. The average Bonchev–Trinajstić information content (AvgIpc) is 3.05. The Labute approximate surface area is 154 Å². The summed E-state index contributed by atoms with van der Waals surface area (Å²) in [6.45, 7) is 1.72. The van der Waals surface area contributed by atoms with Gasteiger partial charge in [-0.2, -0.15) is 0 Å². The predicted octanol–water partition coefficient (Wildman–Crippen LogP) is -0.479. The number of ether oxygens (including phenoxy) is 3. The molecule has 1 aromatic carbocycles. The van der Waals surface area contributed by atoms with Crippen molar-refractivity contribution in [1.29, 1.82) is 0 Å². The van der Waals surface area contributed by atoms with Crippen LogP contribution in [0.4, 0.5) is 5.69 Å². The van der Waals surface area contributed by atoms with Crippen molar-refractivity contribution in [2.24, 2.45) is 5.92 Å². The smallest absolute Gasteiger partial charge is 0.311 e. The number of rotatable bonds is 4. The van der Waals surface area contributed by atoms with E-state index in [1.807, 2.05) is 0 Å². The summed E-state index contributed by atoms with van der Waals surface area (Å²) in [6.07, 6.45) is -0.0133. The summed E-state index contributed by atoms with van der Waals surface area (Å²) in [7, 11) is 0. The van der Waals surface area contributed by atoms with Crippen LogP contribution in [0.15, 0.2) is 18.2 Å². The molecule has 1 fully saturated rings. The Morgan fingerprint density at radius 1 is 1.19 bits per heavy atom. The molecule has 2 heterocycles. The van der Waals surface area contributed by atoms with Gasteiger partial charge in [0, 0.05) is 31.6 Å². The lowest BCUT2D eigenvalue weighted by atomic mass is 10.1. The zero-order valence-corrected chi connectivity index (χ0v) is 14.6. The van der Waals surface area contributed by atoms with Crippen molar-refractivity contribution in [3.8, 4) is 11.5 Å². The van der Waals surface area contributed by atoms with E-state index in [1.54, 1.807) is 18.2 Å². The summed E-state index contributed by atoms with van der Waals surface area (Å²) in [5.74, 6) is -1.53. The van der Waals surface area contributed by atoms with Crippen LogP contribution in [0.2, 0.25) is 0 Å². The monoisotopic (exact) mass is 377 g/mol. The Balaban J connectivity index is 1.56. The van der Waals surface area contributed by atoms with Crippen LogP contribution in [0, 0.1) is 5.92 Å². The van der Waals surface area contributed by atoms with Crippen LogP contribution in [0.25, 0.3) is 0 Å². The first-order chi connectivity index (χ1) is 12.9. The van der Waals surface area contributed by atoms with Gasteiger partial charge in [0.1, 0.15) is 13.2 Å². The van der Waals surface area contributed by atoms with Crippen LogP contribution in [-0.2, 0) is 23.9 Å².